The van der Waals surface area contributed by atoms with E-state index >= 15 is 0 Å². The molecule has 1 aliphatic carbocycles. The lowest BCUT2D eigenvalue weighted by molar-refractivity contribution is -0.153. The number of amides is 7. The summed E-state index contributed by atoms with van der Waals surface area (Å²) >= 11 is 0. The van der Waals surface area contributed by atoms with Crippen LogP contribution in [0.2, 0.25) is 0 Å². The fraction of sp³-hybridized carbons (Fsp3) is 0.763. The number of piperidine rings is 2. The van der Waals surface area contributed by atoms with Gasteiger partial charge in [0, 0.05) is 32.5 Å². The Bertz CT molecular complexity index is 1390. The number of likely N-dealkylation sites (tertiary alicyclic amines) is 2. The highest BCUT2D eigenvalue weighted by Crippen LogP contribution is 2.65. The number of Topliss-reactive ketones (excluding diaryl/α,β-unsaturated/α-hetero) is 1. The van der Waals surface area contributed by atoms with Gasteiger partial charge in [-0.1, -0.05) is 95.1 Å². The number of carbonyl (C=O) groups is 7. The zero-order chi connectivity index (χ0) is 38.9. The molecule has 286 valence electrons. The van der Waals surface area contributed by atoms with E-state index in [1.165, 1.54) is 15.9 Å². The number of carbonyl (C=O) groups excluding carboxylic acids is 7. The van der Waals surface area contributed by atoms with Crippen LogP contribution in [0.3, 0.4) is 0 Å². The lowest BCUT2D eigenvalue weighted by Crippen LogP contribution is -2.63. The smallest absolute Gasteiger partial charge is 0.315 e. The van der Waals surface area contributed by atoms with Crippen molar-refractivity contribution in [3.05, 3.63) is 12.7 Å². The second kappa shape index (κ2) is 15.5. The first kappa shape index (κ1) is 41.6. The fourth-order valence-electron chi connectivity index (χ4n) is 7.44. The first-order valence-electron chi connectivity index (χ1n) is 18.3. The summed E-state index contributed by atoms with van der Waals surface area (Å²) in [5.74, 6) is -3.19. The van der Waals surface area contributed by atoms with Gasteiger partial charge in [0.1, 0.15) is 12.1 Å². The van der Waals surface area contributed by atoms with Gasteiger partial charge < -0.3 is 26.2 Å². The molecule has 0 aromatic rings. The van der Waals surface area contributed by atoms with Crippen molar-refractivity contribution in [3.63, 3.8) is 0 Å². The maximum absolute atomic E-state index is 14.4. The van der Waals surface area contributed by atoms with Crippen molar-refractivity contribution in [2.75, 3.05) is 19.6 Å². The van der Waals surface area contributed by atoms with Crippen LogP contribution in [0.25, 0.3) is 0 Å². The van der Waals surface area contributed by atoms with Crippen molar-refractivity contribution in [1.82, 2.24) is 31.1 Å². The molecule has 0 aromatic heterocycles. The highest BCUT2D eigenvalue weighted by atomic mass is 16.2. The van der Waals surface area contributed by atoms with Gasteiger partial charge in [-0.25, -0.2) is 4.79 Å². The molecule has 2 saturated heterocycles. The number of hydrogen-bond acceptors (Lipinski definition) is 7. The molecule has 13 nitrogen and oxygen atoms in total. The van der Waals surface area contributed by atoms with Gasteiger partial charge in [0.05, 0.1) is 12.1 Å². The predicted octanol–water partition coefficient (Wildman–Crippen LogP) is 3.32. The van der Waals surface area contributed by atoms with Crippen LogP contribution >= 0.6 is 0 Å². The van der Waals surface area contributed by atoms with Gasteiger partial charge in [-0.3, -0.25) is 33.7 Å². The molecule has 1 unspecified atom stereocenters. The van der Waals surface area contributed by atoms with Gasteiger partial charge in [-0.05, 0) is 39.9 Å². The SMILES string of the molecule is C=CCNC(=O)C(=O)C(CCCC)NC(=O)[C@@H]1[C@@H]2[C@H](CN1C(=O)[C@@H](NC(=O)N[C@@H](CN1C(=O)CC(C)(C)CC1=O)C(C)(C)C)C(C)(C)C)C2(C)C. The summed E-state index contributed by atoms with van der Waals surface area (Å²) < 4.78 is 0. The molecule has 0 spiro atoms. The number of ketones is 1. The molecule has 13 heteroatoms. The number of hydrogen-bond donors (Lipinski definition) is 4. The molecule has 7 amide bonds. The van der Waals surface area contributed by atoms with E-state index in [1.807, 2.05) is 76.2 Å². The second-order valence-corrected chi connectivity index (χ2v) is 18.2. The van der Waals surface area contributed by atoms with Gasteiger partial charge in [0.15, 0.2) is 0 Å². The molecule has 2 heterocycles. The number of urea groups is 1. The Hall–Kier alpha value is -3.77. The van der Waals surface area contributed by atoms with Crippen LogP contribution in [0.5, 0.6) is 0 Å². The third kappa shape index (κ3) is 9.77. The highest BCUT2D eigenvalue weighted by molar-refractivity contribution is 6.38. The molecule has 3 fully saturated rings. The van der Waals surface area contributed by atoms with Crippen LogP contribution in [-0.4, -0.2) is 95.0 Å². The van der Waals surface area contributed by atoms with E-state index in [2.05, 4.69) is 27.8 Å². The average Bonchev–Trinajstić information content (AvgIpc) is 3.31. The second-order valence-electron chi connectivity index (χ2n) is 18.2. The molecule has 4 N–H and O–H groups in total. The first-order valence-corrected chi connectivity index (χ1v) is 18.3. The van der Waals surface area contributed by atoms with E-state index in [0.29, 0.717) is 13.0 Å². The number of nitrogens with one attached hydrogen (secondary N) is 4. The molecule has 0 radical (unpaired) electrons. The van der Waals surface area contributed by atoms with E-state index in [0.717, 1.165) is 6.42 Å². The fourth-order valence-corrected chi connectivity index (χ4v) is 7.44. The van der Waals surface area contributed by atoms with Crippen molar-refractivity contribution in [1.29, 1.82) is 0 Å². The van der Waals surface area contributed by atoms with Crippen molar-refractivity contribution >= 4 is 41.4 Å². The maximum Gasteiger partial charge on any atom is 0.315 e. The van der Waals surface area contributed by atoms with E-state index in [9.17, 15) is 33.6 Å². The molecule has 3 rings (SSSR count). The van der Waals surface area contributed by atoms with Crippen molar-refractivity contribution in [3.8, 4) is 0 Å². The Balaban J connectivity index is 1.83. The lowest BCUT2D eigenvalue weighted by atomic mass is 9.80. The van der Waals surface area contributed by atoms with Crippen LogP contribution in [0.1, 0.15) is 108 Å². The first-order chi connectivity index (χ1) is 23.4. The molecule has 0 aromatic carbocycles. The summed E-state index contributed by atoms with van der Waals surface area (Å²) in [7, 11) is 0. The number of fused-ring (bicyclic) bond motifs is 1. The standard InChI is InChI=1S/C38H62N6O7/c1-13-15-16-23(29(47)32(49)39-17-14-2)40-31(48)28-27-22(38(27,11)12)20-44(28)33(50)30(36(6,7)8)42-34(51)41-24(35(3,4)5)21-43-25(45)18-37(9,10)19-26(43)46/h14,22-24,27-28,30H,2,13,15-21H2,1,3-12H3,(H,39,49)(H,40,48)(H2,41,42,51)/t22-,23?,24-,27-,28-,30+/m0/s1. The summed E-state index contributed by atoms with van der Waals surface area (Å²) in [6, 6.07) is -4.26. The quantitative estimate of drug-likeness (QED) is 0.121. The Morgan fingerprint density at radius 3 is 2.02 bits per heavy atom. The zero-order valence-electron chi connectivity index (χ0n) is 32.7. The molecule has 1 saturated carbocycles. The van der Waals surface area contributed by atoms with Crippen LogP contribution in [0.15, 0.2) is 12.7 Å². The third-order valence-electron chi connectivity index (χ3n) is 10.8. The normalized spacial score (nSPS) is 24.1. The van der Waals surface area contributed by atoms with E-state index < -0.39 is 69.9 Å². The number of rotatable bonds is 14. The van der Waals surface area contributed by atoms with E-state index in [1.54, 1.807) is 0 Å². The lowest BCUT2D eigenvalue weighted by Gasteiger charge is -2.40. The van der Waals surface area contributed by atoms with Gasteiger partial charge in [-0.2, -0.15) is 0 Å². The minimum Gasteiger partial charge on any atom is -0.346 e. The molecule has 51 heavy (non-hydrogen) atoms. The Labute approximate surface area is 303 Å². The number of unbranched alkanes of at least 4 members (excludes halogenated alkanes) is 1. The maximum atomic E-state index is 14.4. The minimum absolute atomic E-state index is 0.00482. The van der Waals surface area contributed by atoms with Crippen molar-refractivity contribution < 1.29 is 33.6 Å². The Morgan fingerprint density at radius 1 is 0.922 bits per heavy atom. The molecule has 6 atom stereocenters. The molecular weight excluding hydrogens is 652 g/mol. The largest absolute Gasteiger partial charge is 0.346 e. The predicted molar refractivity (Wildman–Crippen MR) is 194 cm³/mol. The highest BCUT2D eigenvalue weighted by Gasteiger charge is 2.70. The summed E-state index contributed by atoms with van der Waals surface area (Å²) in [6.07, 6.45) is 3.54. The van der Waals surface area contributed by atoms with E-state index in [-0.39, 0.29) is 61.4 Å². The molecular formula is C38H62N6O7. The Morgan fingerprint density at radius 2 is 1.51 bits per heavy atom. The van der Waals surface area contributed by atoms with Crippen LogP contribution in [0, 0.1) is 33.5 Å². The zero-order valence-corrected chi connectivity index (χ0v) is 32.7. The van der Waals surface area contributed by atoms with Gasteiger partial charge >= 0.3 is 6.03 Å². The summed E-state index contributed by atoms with van der Waals surface area (Å²) in [5, 5.41) is 11.1. The van der Waals surface area contributed by atoms with Crippen LogP contribution in [-0.2, 0) is 28.8 Å². The molecule has 3 aliphatic rings. The topological polar surface area (TPSA) is 174 Å². The van der Waals surface area contributed by atoms with Crippen LogP contribution in [0.4, 0.5) is 4.79 Å². The number of imide groups is 1. The van der Waals surface area contributed by atoms with Crippen molar-refractivity contribution in [2.45, 2.75) is 132 Å². The average molecular weight is 715 g/mol. The molecule has 2 aliphatic heterocycles. The Kier molecular flexibility index (Phi) is 12.6. The van der Waals surface area contributed by atoms with Gasteiger partial charge in [-0.15, -0.1) is 6.58 Å². The van der Waals surface area contributed by atoms with E-state index in [4.69, 9.17) is 0 Å². The monoisotopic (exact) mass is 714 g/mol. The van der Waals surface area contributed by atoms with Crippen molar-refractivity contribution in [2.24, 2.45) is 33.5 Å². The van der Waals surface area contributed by atoms with Crippen LogP contribution < -0.4 is 21.3 Å². The summed E-state index contributed by atoms with van der Waals surface area (Å²) in [4.78, 5) is 96.5. The summed E-state index contributed by atoms with van der Waals surface area (Å²) in [6.45, 7) is 24.9. The minimum atomic E-state index is -1.05. The third-order valence-corrected chi connectivity index (χ3v) is 10.8. The molecule has 0 bridgehead atoms. The number of nitrogens with zero attached hydrogens (tertiary/aromatic N) is 2. The summed E-state index contributed by atoms with van der Waals surface area (Å²) in [5.41, 5.74) is -1.98. The van der Waals surface area contributed by atoms with Gasteiger partial charge in [0.2, 0.25) is 29.4 Å². The van der Waals surface area contributed by atoms with Gasteiger partial charge in [0.25, 0.3) is 5.91 Å².